The molecule has 36 heavy (non-hydrogen) atoms. The Hall–Kier alpha value is -2.75. The SMILES string of the molecule is Nc1ccc(-c2cn3cnc4c(ncn4[C@@H]4O[C@H](COP(=O)(O)OP(=O)(O)O)[C@@H](O)[C@H]4O)c3n2)cc1. The first kappa shape index (κ1) is 24.9. The van der Waals surface area contributed by atoms with E-state index in [1.165, 1.54) is 17.2 Å². The molecule has 192 valence electrons. The maximum atomic E-state index is 11.7. The zero-order valence-corrected chi connectivity index (χ0v) is 19.8. The van der Waals surface area contributed by atoms with E-state index in [4.69, 9.17) is 20.3 Å². The second-order valence-corrected chi connectivity index (χ2v) is 10.8. The molecule has 1 aromatic carbocycles. The molecule has 1 fully saturated rings. The van der Waals surface area contributed by atoms with Gasteiger partial charge in [-0.15, -0.1) is 0 Å². The molecule has 5 rings (SSSR count). The summed E-state index contributed by atoms with van der Waals surface area (Å²) >= 11 is 0. The van der Waals surface area contributed by atoms with Crippen LogP contribution in [-0.2, 0) is 22.7 Å². The highest BCUT2D eigenvalue weighted by Crippen LogP contribution is 2.57. The summed E-state index contributed by atoms with van der Waals surface area (Å²) in [6.07, 6.45) is -1.11. The average Bonchev–Trinajstić information content (AvgIpc) is 3.47. The van der Waals surface area contributed by atoms with Gasteiger partial charge in [-0.25, -0.2) is 24.1 Å². The van der Waals surface area contributed by atoms with Gasteiger partial charge in [0.05, 0.1) is 18.6 Å². The van der Waals surface area contributed by atoms with Crippen LogP contribution in [0.5, 0.6) is 0 Å². The van der Waals surface area contributed by atoms with Crippen LogP contribution in [-0.4, -0.2) is 73.7 Å². The Bertz CT molecular complexity index is 1520. The number of nitrogens with two attached hydrogens (primary N) is 1. The van der Waals surface area contributed by atoms with Crippen LogP contribution in [0.3, 0.4) is 0 Å². The van der Waals surface area contributed by atoms with Crippen molar-refractivity contribution in [3.8, 4) is 11.3 Å². The predicted molar refractivity (Wildman–Crippen MR) is 121 cm³/mol. The van der Waals surface area contributed by atoms with E-state index in [1.54, 1.807) is 22.7 Å². The van der Waals surface area contributed by atoms with E-state index in [0.29, 0.717) is 22.5 Å². The van der Waals surface area contributed by atoms with E-state index in [9.17, 15) is 24.2 Å². The van der Waals surface area contributed by atoms with Crippen molar-refractivity contribution in [3.05, 3.63) is 43.1 Å². The molecule has 0 radical (unpaired) electrons. The summed E-state index contributed by atoms with van der Waals surface area (Å²) < 4.78 is 39.3. The van der Waals surface area contributed by atoms with Crippen LogP contribution in [0.25, 0.3) is 28.1 Å². The summed E-state index contributed by atoms with van der Waals surface area (Å²) in [5.74, 6) is 0. The van der Waals surface area contributed by atoms with E-state index in [0.717, 1.165) is 5.56 Å². The number of hydrogen-bond acceptors (Lipinski definition) is 11. The highest BCUT2D eigenvalue weighted by atomic mass is 31.3. The van der Waals surface area contributed by atoms with Crippen molar-refractivity contribution >= 4 is 38.1 Å². The number of phosphoric ester groups is 1. The van der Waals surface area contributed by atoms with Gasteiger partial charge >= 0.3 is 15.6 Å². The highest BCUT2D eigenvalue weighted by Gasteiger charge is 2.46. The molecule has 0 spiro atoms. The van der Waals surface area contributed by atoms with Gasteiger partial charge in [0.25, 0.3) is 0 Å². The summed E-state index contributed by atoms with van der Waals surface area (Å²) in [4.78, 5) is 40.1. The first-order chi connectivity index (χ1) is 16.9. The molecule has 4 aromatic rings. The molecule has 3 aromatic heterocycles. The molecule has 1 saturated heterocycles. The molecule has 0 amide bonds. The van der Waals surface area contributed by atoms with Crippen LogP contribution in [0.2, 0.25) is 0 Å². The van der Waals surface area contributed by atoms with E-state index >= 15 is 0 Å². The van der Waals surface area contributed by atoms with E-state index in [1.807, 2.05) is 12.1 Å². The zero-order chi connectivity index (χ0) is 25.8. The number of imidazole rings is 2. The minimum absolute atomic E-state index is 0.271. The van der Waals surface area contributed by atoms with Gasteiger partial charge in [0.15, 0.2) is 23.0 Å². The third kappa shape index (κ3) is 4.79. The summed E-state index contributed by atoms with van der Waals surface area (Å²) in [6, 6.07) is 7.14. The fourth-order valence-electron chi connectivity index (χ4n) is 3.82. The molecule has 1 aliphatic rings. The Morgan fingerprint density at radius 1 is 1.03 bits per heavy atom. The van der Waals surface area contributed by atoms with E-state index < -0.39 is 46.8 Å². The van der Waals surface area contributed by atoms with Crippen molar-refractivity contribution in [2.75, 3.05) is 12.3 Å². The average molecular weight is 542 g/mol. The summed E-state index contributed by atoms with van der Waals surface area (Å²) in [6.45, 7) is -0.821. The van der Waals surface area contributed by atoms with Crippen LogP contribution in [0.15, 0.2) is 43.1 Å². The minimum atomic E-state index is -5.32. The van der Waals surface area contributed by atoms with Crippen molar-refractivity contribution in [2.24, 2.45) is 0 Å². The molecule has 0 saturated carbocycles. The van der Waals surface area contributed by atoms with Crippen LogP contribution in [0.4, 0.5) is 5.69 Å². The van der Waals surface area contributed by atoms with E-state index in [-0.39, 0.29) is 5.65 Å². The van der Waals surface area contributed by atoms with Crippen LogP contribution in [0.1, 0.15) is 6.23 Å². The van der Waals surface area contributed by atoms with Crippen LogP contribution in [0, 0.1) is 0 Å². The number of ether oxygens (including phenoxy) is 1. The van der Waals surface area contributed by atoms with Crippen molar-refractivity contribution in [2.45, 2.75) is 24.5 Å². The minimum Gasteiger partial charge on any atom is -0.399 e. The Kier molecular flexibility index (Phi) is 6.21. The van der Waals surface area contributed by atoms with Gasteiger partial charge in [-0.3, -0.25) is 13.5 Å². The largest absolute Gasteiger partial charge is 0.481 e. The van der Waals surface area contributed by atoms with Gasteiger partial charge in [0.2, 0.25) is 0 Å². The number of nitrogens with zero attached hydrogens (tertiary/aromatic N) is 5. The molecule has 0 bridgehead atoms. The number of hydrogen-bond donors (Lipinski definition) is 6. The highest BCUT2D eigenvalue weighted by molar-refractivity contribution is 7.60. The number of aliphatic hydroxyl groups excluding tert-OH is 2. The lowest BCUT2D eigenvalue weighted by atomic mass is 10.1. The smallest absolute Gasteiger partial charge is 0.399 e. The lowest BCUT2D eigenvalue weighted by Crippen LogP contribution is -2.33. The number of nitrogen functional groups attached to an aromatic ring is 1. The van der Waals surface area contributed by atoms with Gasteiger partial charge < -0.3 is 35.4 Å². The van der Waals surface area contributed by atoms with Gasteiger partial charge in [0, 0.05) is 17.4 Å². The molecule has 0 aliphatic carbocycles. The molecular weight excluding hydrogens is 522 g/mol. The molecule has 1 unspecified atom stereocenters. The lowest BCUT2D eigenvalue weighted by molar-refractivity contribution is -0.0503. The quantitative estimate of drug-likeness (QED) is 0.135. The first-order valence-electron chi connectivity index (χ1n) is 10.2. The fraction of sp³-hybridized carbons (Fsp3) is 0.278. The maximum absolute atomic E-state index is 11.7. The van der Waals surface area contributed by atoms with Crippen LogP contribution < -0.4 is 5.73 Å². The topological polar surface area (TPSA) is 237 Å². The Morgan fingerprint density at radius 2 is 1.75 bits per heavy atom. The molecule has 7 N–H and O–H groups in total. The van der Waals surface area contributed by atoms with Crippen molar-refractivity contribution in [1.82, 2.24) is 23.9 Å². The third-order valence-electron chi connectivity index (χ3n) is 5.45. The van der Waals surface area contributed by atoms with Gasteiger partial charge in [-0.2, -0.15) is 4.31 Å². The zero-order valence-electron chi connectivity index (χ0n) is 18.0. The molecular formula is C18H20N6O10P2. The summed E-state index contributed by atoms with van der Waals surface area (Å²) in [7, 11) is -10.5. The number of aromatic nitrogens is 5. The Labute approximate surface area is 201 Å². The molecule has 4 heterocycles. The van der Waals surface area contributed by atoms with Gasteiger partial charge in [-0.1, -0.05) is 12.1 Å². The lowest BCUT2D eigenvalue weighted by Gasteiger charge is -2.17. The van der Waals surface area contributed by atoms with Crippen molar-refractivity contribution < 1.29 is 47.6 Å². The second-order valence-electron chi connectivity index (χ2n) is 7.93. The number of benzene rings is 1. The van der Waals surface area contributed by atoms with Crippen molar-refractivity contribution in [1.29, 1.82) is 0 Å². The van der Waals surface area contributed by atoms with E-state index in [2.05, 4.69) is 23.8 Å². The Morgan fingerprint density at radius 3 is 2.44 bits per heavy atom. The summed E-state index contributed by atoms with van der Waals surface area (Å²) in [5.41, 5.74) is 8.94. The standard InChI is InChI=1S/C18H20N6O10P2/c19-10-3-1-9(2-4-10)11-5-23-7-21-16-13(17(23)22-11)20-8-24(16)18-15(26)14(25)12(33-18)6-32-36(30,31)34-35(27,28)29/h1-5,7-8,12,14-15,18,25-26H,6,19H2,(H,30,31)(H2,27,28,29)/t12-,14-,15-,18-/m1/s1. The number of fused-ring (bicyclic) bond motifs is 3. The molecule has 16 nitrogen and oxygen atoms in total. The van der Waals surface area contributed by atoms with Gasteiger partial charge in [0.1, 0.15) is 24.6 Å². The fourth-order valence-corrected chi connectivity index (χ4v) is 5.41. The van der Waals surface area contributed by atoms with Crippen molar-refractivity contribution in [3.63, 3.8) is 0 Å². The van der Waals surface area contributed by atoms with Gasteiger partial charge in [-0.05, 0) is 12.1 Å². The third-order valence-corrected chi connectivity index (χ3v) is 7.60. The number of aliphatic hydroxyl groups is 2. The first-order valence-corrected chi connectivity index (χ1v) is 13.3. The summed E-state index contributed by atoms with van der Waals surface area (Å²) in [5, 5.41) is 20.9. The maximum Gasteiger partial charge on any atom is 0.481 e. The molecule has 5 atom stereocenters. The normalized spacial score (nSPS) is 24.5. The second kappa shape index (κ2) is 8.97. The Balaban J connectivity index is 1.40. The predicted octanol–water partition coefficient (Wildman–Crippen LogP) is 0.174. The number of rotatable bonds is 7. The monoisotopic (exact) mass is 542 g/mol. The van der Waals surface area contributed by atoms with Crippen LogP contribution >= 0.6 is 15.6 Å². The number of phosphoric acid groups is 2. The molecule has 18 heteroatoms. The molecule has 1 aliphatic heterocycles. The number of anilines is 1.